The summed E-state index contributed by atoms with van der Waals surface area (Å²) < 4.78 is 7.34. The SMILES string of the molecule is O=C(Nc1cc2cc(Br)ccc2s1)OCc1ccccc1. The van der Waals surface area contributed by atoms with Crippen molar-refractivity contribution in [2.75, 3.05) is 5.32 Å². The van der Waals surface area contributed by atoms with Gasteiger partial charge >= 0.3 is 6.09 Å². The highest BCUT2D eigenvalue weighted by atomic mass is 79.9. The van der Waals surface area contributed by atoms with Crippen molar-refractivity contribution in [1.29, 1.82) is 0 Å². The molecule has 0 atom stereocenters. The summed E-state index contributed by atoms with van der Waals surface area (Å²) in [6, 6.07) is 17.6. The normalized spacial score (nSPS) is 10.5. The van der Waals surface area contributed by atoms with Crippen LogP contribution in [0.25, 0.3) is 10.1 Å². The lowest BCUT2D eigenvalue weighted by atomic mass is 10.2. The van der Waals surface area contributed by atoms with Gasteiger partial charge in [-0.2, -0.15) is 0 Å². The molecular weight excluding hydrogens is 350 g/mol. The lowest BCUT2D eigenvalue weighted by Crippen LogP contribution is -2.12. The Kier molecular flexibility index (Phi) is 4.22. The van der Waals surface area contributed by atoms with Gasteiger partial charge in [0, 0.05) is 9.17 Å². The van der Waals surface area contributed by atoms with Gasteiger partial charge in [0.15, 0.2) is 0 Å². The minimum absolute atomic E-state index is 0.267. The van der Waals surface area contributed by atoms with E-state index in [0.29, 0.717) is 0 Å². The second-order valence-corrected chi connectivity index (χ2v) is 6.48. The Labute approximate surface area is 134 Å². The second-order valence-electron chi connectivity index (χ2n) is 4.48. The number of fused-ring (bicyclic) bond motifs is 1. The molecule has 1 N–H and O–H groups in total. The zero-order chi connectivity index (χ0) is 14.7. The molecule has 0 aliphatic carbocycles. The lowest BCUT2D eigenvalue weighted by molar-refractivity contribution is 0.155. The number of rotatable bonds is 3. The highest BCUT2D eigenvalue weighted by Crippen LogP contribution is 2.31. The number of amides is 1. The number of carbonyl (C=O) groups is 1. The van der Waals surface area contributed by atoms with Crippen LogP contribution in [-0.2, 0) is 11.3 Å². The Hall–Kier alpha value is -1.85. The van der Waals surface area contributed by atoms with Crippen LogP contribution in [0.2, 0.25) is 0 Å². The van der Waals surface area contributed by atoms with Gasteiger partial charge in [-0.05, 0) is 35.2 Å². The Morgan fingerprint density at radius 1 is 1.14 bits per heavy atom. The van der Waals surface area contributed by atoms with E-state index in [4.69, 9.17) is 4.74 Å². The van der Waals surface area contributed by atoms with Crippen molar-refractivity contribution < 1.29 is 9.53 Å². The maximum absolute atomic E-state index is 11.8. The number of nitrogens with one attached hydrogen (secondary N) is 1. The molecule has 21 heavy (non-hydrogen) atoms. The van der Waals surface area contributed by atoms with E-state index in [1.54, 1.807) is 0 Å². The summed E-state index contributed by atoms with van der Waals surface area (Å²) in [5, 5.41) is 4.63. The van der Waals surface area contributed by atoms with Crippen molar-refractivity contribution in [3.8, 4) is 0 Å². The van der Waals surface area contributed by atoms with Crippen LogP contribution < -0.4 is 5.32 Å². The fraction of sp³-hybridized carbons (Fsp3) is 0.0625. The molecule has 0 bridgehead atoms. The maximum Gasteiger partial charge on any atom is 0.412 e. The van der Waals surface area contributed by atoms with Crippen molar-refractivity contribution in [1.82, 2.24) is 0 Å². The van der Waals surface area contributed by atoms with Crippen molar-refractivity contribution in [2.24, 2.45) is 0 Å². The molecule has 0 saturated carbocycles. The van der Waals surface area contributed by atoms with Crippen LogP contribution in [0.3, 0.4) is 0 Å². The fourth-order valence-corrected chi connectivity index (χ4v) is 3.24. The number of carbonyl (C=O) groups excluding carboxylic acids is 1. The first kappa shape index (κ1) is 14.1. The Bertz CT molecular complexity index is 770. The molecule has 1 heterocycles. The topological polar surface area (TPSA) is 38.3 Å². The van der Waals surface area contributed by atoms with Crippen molar-refractivity contribution >= 4 is 48.4 Å². The quantitative estimate of drug-likeness (QED) is 0.676. The summed E-state index contributed by atoms with van der Waals surface area (Å²) in [6.45, 7) is 0.267. The lowest BCUT2D eigenvalue weighted by Gasteiger charge is -2.05. The molecule has 3 aromatic rings. The third-order valence-electron chi connectivity index (χ3n) is 2.92. The van der Waals surface area contributed by atoms with Crippen molar-refractivity contribution in [2.45, 2.75) is 6.61 Å². The van der Waals surface area contributed by atoms with E-state index < -0.39 is 6.09 Å². The van der Waals surface area contributed by atoms with Crippen LogP contribution in [0.4, 0.5) is 9.80 Å². The number of hydrogen-bond acceptors (Lipinski definition) is 3. The molecule has 106 valence electrons. The van der Waals surface area contributed by atoms with E-state index in [9.17, 15) is 4.79 Å². The molecule has 0 saturated heterocycles. The highest BCUT2D eigenvalue weighted by Gasteiger charge is 2.07. The summed E-state index contributed by atoms with van der Waals surface area (Å²) in [5.41, 5.74) is 0.966. The highest BCUT2D eigenvalue weighted by molar-refractivity contribution is 9.10. The number of benzene rings is 2. The fourth-order valence-electron chi connectivity index (χ4n) is 1.94. The molecule has 1 aromatic heterocycles. The molecule has 5 heteroatoms. The zero-order valence-electron chi connectivity index (χ0n) is 11.0. The second kappa shape index (κ2) is 6.28. The molecule has 0 unspecified atom stereocenters. The van der Waals surface area contributed by atoms with Gasteiger partial charge in [0.2, 0.25) is 0 Å². The zero-order valence-corrected chi connectivity index (χ0v) is 13.4. The van der Waals surface area contributed by atoms with E-state index >= 15 is 0 Å². The molecular formula is C16H12BrNO2S. The summed E-state index contributed by atoms with van der Waals surface area (Å²) in [6.07, 6.45) is -0.440. The van der Waals surface area contributed by atoms with Crippen molar-refractivity contribution in [3.63, 3.8) is 0 Å². The number of anilines is 1. The molecule has 0 radical (unpaired) electrons. The maximum atomic E-state index is 11.8. The van der Waals surface area contributed by atoms with Gasteiger partial charge < -0.3 is 4.74 Å². The van der Waals surface area contributed by atoms with Crippen LogP contribution in [0, 0.1) is 0 Å². The van der Waals surface area contributed by atoms with E-state index in [-0.39, 0.29) is 6.61 Å². The summed E-state index contributed by atoms with van der Waals surface area (Å²) >= 11 is 4.96. The Morgan fingerprint density at radius 2 is 1.95 bits per heavy atom. The molecule has 1 amide bonds. The van der Waals surface area contributed by atoms with E-state index in [1.807, 2.05) is 54.6 Å². The number of halogens is 1. The van der Waals surface area contributed by atoms with Crippen LogP contribution in [-0.4, -0.2) is 6.09 Å². The van der Waals surface area contributed by atoms with Gasteiger partial charge in [-0.1, -0.05) is 46.3 Å². The van der Waals surface area contributed by atoms with Crippen LogP contribution in [0.5, 0.6) is 0 Å². The van der Waals surface area contributed by atoms with Gasteiger partial charge in [0.25, 0.3) is 0 Å². The molecule has 0 aliphatic rings. The smallest absolute Gasteiger partial charge is 0.412 e. The molecule has 2 aromatic carbocycles. The predicted molar refractivity (Wildman–Crippen MR) is 89.8 cm³/mol. The first-order valence-corrected chi connectivity index (χ1v) is 7.98. The standard InChI is InChI=1S/C16H12BrNO2S/c17-13-6-7-14-12(8-13)9-15(21-14)18-16(19)20-10-11-4-2-1-3-5-11/h1-9H,10H2,(H,18,19). The molecule has 3 nitrogen and oxygen atoms in total. The van der Waals surface area contributed by atoms with E-state index in [1.165, 1.54) is 11.3 Å². The average molecular weight is 362 g/mol. The van der Waals surface area contributed by atoms with Gasteiger partial charge in [-0.15, -0.1) is 11.3 Å². The first-order valence-electron chi connectivity index (χ1n) is 6.37. The minimum atomic E-state index is -0.440. The van der Waals surface area contributed by atoms with E-state index in [0.717, 1.165) is 25.1 Å². The minimum Gasteiger partial charge on any atom is -0.444 e. The molecule has 0 spiro atoms. The summed E-state index contributed by atoms with van der Waals surface area (Å²) in [5.74, 6) is 0. The monoisotopic (exact) mass is 361 g/mol. The van der Waals surface area contributed by atoms with E-state index in [2.05, 4.69) is 21.2 Å². The Morgan fingerprint density at radius 3 is 2.76 bits per heavy atom. The molecule has 0 aliphatic heterocycles. The predicted octanol–water partition coefficient (Wildman–Crippen LogP) is 5.41. The first-order chi connectivity index (χ1) is 10.2. The largest absolute Gasteiger partial charge is 0.444 e. The Balaban J connectivity index is 1.63. The van der Waals surface area contributed by atoms with Crippen LogP contribution >= 0.6 is 27.3 Å². The summed E-state index contributed by atoms with van der Waals surface area (Å²) in [7, 11) is 0. The van der Waals surface area contributed by atoms with Gasteiger partial charge in [0.05, 0.1) is 5.00 Å². The van der Waals surface area contributed by atoms with Gasteiger partial charge in [-0.3, -0.25) is 5.32 Å². The molecule has 0 fully saturated rings. The number of ether oxygens (including phenoxy) is 1. The van der Waals surface area contributed by atoms with Gasteiger partial charge in [0.1, 0.15) is 6.61 Å². The third kappa shape index (κ3) is 3.62. The van der Waals surface area contributed by atoms with Gasteiger partial charge in [-0.25, -0.2) is 4.79 Å². The third-order valence-corrected chi connectivity index (χ3v) is 4.44. The number of thiophene rings is 1. The molecule has 3 rings (SSSR count). The number of hydrogen-bond donors (Lipinski definition) is 1. The van der Waals surface area contributed by atoms with Crippen LogP contribution in [0.15, 0.2) is 59.1 Å². The van der Waals surface area contributed by atoms with Crippen LogP contribution in [0.1, 0.15) is 5.56 Å². The van der Waals surface area contributed by atoms with Crippen molar-refractivity contribution in [3.05, 3.63) is 64.6 Å². The summed E-state index contributed by atoms with van der Waals surface area (Å²) in [4.78, 5) is 11.8. The average Bonchev–Trinajstić information content (AvgIpc) is 2.87.